The van der Waals surface area contributed by atoms with E-state index in [0.717, 1.165) is 16.8 Å². The maximum Gasteiger partial charge on any atom is 0.181 e. The number of benzene rings is 2. The van der Waals surface area contributed by atoms with Gasteiger partial charge in [-0.15, -0.1) is 0 Å². The smallest absolute Gasteiger partial charge is 0.181 e. The topological polar surface area (TPSA) is 58.7 Å². The number of hydrogen-bond donors (Lipinski definition) is 0. The first kappa shape index (κ1) is 16.0. The van der Waals surface area contributed by atoms with E-state index in [0.29, 0.717) is 10.7 Å². The van der Waals surface area contributed by atoms with Crippen LogP contribution in [0, 0.1) is 18.3 Å². The summed E-state index contributed by atoms with van der Waals surface area (Å²) in [4.78, 5) is 11.9. The summed E-state index contributed by atoms with van der Waals surface area (Å²) >= 11 is 5.95. The van der Waals surface area contributed by atoms with Crippen LogP contribution in [-0.4, -0.2) is 15.6 Å². The number of aromatic nitrogens is 2. The van der Waals surface area contributed by atoms with Gasteiger partial charge in [-0.3, -0.25) is 4.79 Å². The predicted molar refractivity (Wildman–Crippen MR) is 93.5 cm³/mol. The second-order valence-corrected chi connectivity index (χ2v) is 5.93. The number of hydrogen-bond acceptors (Lipinski definition) is 3. The van der Waals surface area contributed by atoms with Crippen LogP contribution in [0.2, 0.25) is 5.02 Å². The van der Waals surface area contributed by atoms with Crippen LogP contribution in [-0.2, 0) is 0 Å². The average molecular weight is 336 g/mol. The molecule has 0 amide bonds. The van der Waals surface area contributed by atoms with Crippen molar-refractivity contribution in [1.29, 1.82) is 5.26 Å². The highest BCUT2D eigenvalue weighted by atomic mass is 35.5. The first-order valence-corrected chi connectivity index (χ1v) is 7.76. The minimum absolute atomic E-state index is 0.169. The quantitative estimate of drug-likeness (QED) is 0.658. The van der Waals surface area contributed by atoms with Gasteiger partial charge in [0, 0.05) is 17.5 Å². The van der Waals surface area contributed by atoms with Crippen LogP contribution in [0.5, 0.6) is 0 Å². The Labute approximate surface area is 144 Å². The standard InChI is InChI=1S/C19H14ClN3O/c1-12-3-5-14(6-4-12)19-17(11-21)18(13(2)24)22-23(19)16-9-7-15(20)8-10-16/h3-10H,1-2H3. The van der Waals surface area contributed by atoms with Crippen molar-refractivity contribution < 1.29 is 4.79 Å². The molecule has 0 atom stereocenters. The molecule has 3 aromatic rings. The van der Waals surface area contributed by atoms with Gasteiger partial charge in [-0.1, -0.05) is 41.4 Å². The zero-order valence-electron chi connectivity index (χ0n) is 13.2. The number of nitriles is 1. The summed E-state index contributed by atoms with van der Waals surface area (Å²) in [5.74, 6) is -0.243. The zero-order chi connectivity index (χ0) is 17.3. The molecule has 3 rings (SSSR count). The van der Waals surface area contributed by atoms with E-state index in [1.165, 1.54) is 6.92 Å². The summed E-state index contributed by atoms with van der Waals surface area (Å²) in [5.41, 5.74) is 3.72. The molecule has 0 saturated heterocycles. The van der Waals surface area contributed by atoms with Crippen LogP contribution in [0.4, 0.5) is 0 Å². The van der Waals surface area contributed by atoms with E-state index in [2.05, 4.69) is 11.2 Å². The molecule has 0 aliphatic carbocycles. The van der Waals surface area contributed by atoms with E-state index in [1.807, 2.05) is 31.2 Å². The Morgan fingerprint density at radius 3 is 2.29 bits per heavy atom. The van der Waals surface area contributed by atoms with Crippen molar-refractivity contribution in [3.63, 3.8) is 0 Å². The van der Waals surface area contributed by atoms with E-state index >= 15 is 0 Å². The number of aryl methyl sites for hydroxylation is 1. The van der Waals surface area contributed by atoms with E-state index in [-0.39, 0.29) is 17.0 Å². The lowest BCUT2D eigenvalue weighted by atomic mass is 10.0. The molecule has 0 radical (unpaired) electrons. The molecule has 0 unspecified atom stereocenters. The minimum atomic E-state index is -0.243. The molecule has 0 aliphatic heterocycles. The van der Waals surface area contributed by atoms with Gasteiger partial charge >= 0.3 is 0 Å². The number of nitrogens with zero attached hydrogens (tertiary/aromatic N) is 3. The Morgan fingerprint density at radius 2 is 1.75 bits per heavy atom. The van der Waals surface area contributed by atoms with E-state index in [9.17, 15) is 10.1 Å². The third-order valence-electron chi connectivity index (χ3n) is 3.73. The van der Waals surface area contributed by atoms with Crippen molar-refractivity contribution in [2.45, 2.75) is 13.8 Å². The largest absolute Gasteiger partial charge is 0.293 e. The summed E-state index contributed by atoms with van der Waals surface area (Å²) in [6.45, 7) is 3.40. The van der Waals surface area contributed by atoms with Gasteiger partial charge in [-0.05, 0) is 31.2 Å². The van der Waals surface area contributed by atoms with Crippen molar-refractivity contribution in [3.05, 3.63) is 70.4 Å². The molecule has 0 bridgehead atoms. The maximum absolute atomic E-state index is 11.9. The third-order valence-corrected chi connectivity index (χ3v) is 3.98. The average Bonchev–Trinajstić information content (AvgIpc) is 2.96. The van der Waals surface area contributed by atoms with Crippen LogP contribution in [0.25, 0.3) is 16.9 Å². The van der Waals surface area contributed by atoms with Gasteiger partial charge in [0.25, 0.3) is 0 Å². The van der Waals surface area contributed by atoms with E-state index < -0.39 is 0 Å². The molecular formula is C19H14ClN3O. The number of Topliss-reactive ketones (excluding diaryl/α,β-unsaturated/α-hetero) is 1. The molecule has 5 heteroatoms. The van der Waals surface area contributed by atoms with Crippen LogP contribution >= 0.6 is 11.6 Å². The van der Waals surface area contributed by atoms with Crippen LogP contribution in [0.1, 0.15) is 28.5 Å². The molecule has 4 nitrogen and oxygen atoms in total. The van der Waals surface area contributed by atoms with Crippen molar-refractivity contribution in [2.75, 3.05) is 0 Å². The van der Waals surface area contributed by atoms with Crippen molar-refractivity contribution in [1.82, 2.24) is 9.78 Å². The summed E-state index contributed by atoms with van der Waals surface area (Å²) in [6, 6.07) is 17.0. The number of halogens is 1. The van der Waals surface area contributed by atoms with E-state index in [1.54, 1.807) is 28.9 Å². The molecule has 1 aromatic heterocycles. The van der Waals surface area contributed by atoms with Gasteiger partial charge in [-0.2, -0.15) is 10.4 Å². The normalized spacial score (nSPS) is 10.4. The minimum Gasteiger partial charge on any atom is -0.293 e. The maximum atomic E-state index is 11.9. The fraction of sp³-hybridized carbons (Fsp3) is 0.105. The van der Waals surface area contributed by atoms with Crippen molar-refractivity contribution in [2.24, 2.45) is 0 Å². The Hall–Kier alpha value is -2.90. The molecule has 0 saturated carbocycles. The predicted octanol–water partition coefficient (Wildman–Crippen LogP) is 4.58. The highest BCUT2D eigenvalue weighted by molar-refractivity contribution is 6.30. The summed E-state index contributed by atoms with van der Waals surface area (Å²) in [5, 5.41) is 14.6. The monoisotopic (exact) mass is 335 g/mol. The lowest BCUT2D eigenvalue weighted by Gasteiger charge is -2.08. The molecule has 1 heterocycles. The zero-order valence-corrected chi connectivity index (χ0v) is 14.0. The number of carbonyl (C=O) groups excluding carboxylic acids is 1. The summed E-state index contributed by atoms with van der Waals surface area (Å²) < 4.78 is 1.62. The molecule has 2 aromatic carbocycles. The Kier molecular flexibility index (Phi) is 4.20. The van der Waals surface area contributed by atoms with Gasteiger partial charge in [0.15, 0.2) is 5.78 Å². The summed E-state index contributed by atoms with van der Waals surface area (Å²) in [6.07, 6.45) is 0. The molecular weight excluding hydrogens is 322 g/mol. The number of rotatable bonds is 3. The molecule has 0 N–H and O–H groups in total. The molecule has 0 aliphatic rings. The fourth-order valence-corrected chi connectivity index (χ4v) is 2.64. The lowest BCUT2D eigenvalue weighted by molar-refractivity contribution is 0.101. The van der Waals surface area contributed by atoms with Gasteiger partial charge in [0.1, 0.15) is 17.3 Å². The van der Waals surface area contributed by atoms with Gasteiger partial charge in [-0.25, -0.2) is 4.68 Å². The Bertz CT molecular complexity index is 948. The van der Waals surface area contributed by atoms with Gasteiger partial charge in [0.05, 0.1) is 11.4 Å². The number of carbonyl (C=O) groups is 1. The first-order chi connectivity index (χ1) is 11.5. The van der Waals surface area contributed by atoms with E-state index in [4.69, 9.17) is 11.6 Å². The summed E-state index contributed by atoms with van der Waals surface area (Å²) in [7, 11) is 0. The molecule has 0 fully saturated rings. The molecule has 24 heavy (non-hydrogen) atoms. The van der Waals surface area contributed by atoms with Crippen molar-refractivity contribution >= 4 is 17.4 Å². The highest BCUT2D eigenvalue weighted by Gasteiger charge is 2.22. The Morgan fingerprint density at radius 1 is 1.12 bits per heavy atom. The van der Waals surface area contributed by atoms with Gasteiger partial charge in [0.2, 0.25) is 0 Å². The molecule has 0 spiro atoms. The lowest BCUT2D eigenvalue weighted by Crippen LogP contribution is -2.01. The van der Waals surface area contributed by atoms with Crippen LogP contribution in [0.15, 0.2) is 48.5 Å². The van der Waals surface area contributed by atoms with Gasteiger partial charge < -0.3 is 0 Å². The fourth-order valence-electron chi connectivity index (χ4n) is 2.52. The molecule has 118 valence electrons. The second kappa shape index (κ2) is 6.31. The highest BCUT2D eigenvalue weighted by Crippen LogP contribution is 2.29. The Balaban J connectivity index is 2.32. The van der Waals surface area contributed by atoms with Crippen LogP contribution in [0.3, 0.4) is 0 Å². The SMILES string of the molecule is CC(=O)c1nn(-c2ccc(Cl)cc2)c(-c2ccc(C)cc2)c1C#N. The first-order valence-electron chi connectivity index (χ1n) is 7.38. The van der Waals surface area contributed by atoms with Crippen molar-refractivity contribution in [3.8, 4) is 23.0 Å². The third kappa shape index (κ3) is 2.82. The number of ketones is 1. The van der Waals surface area contributed by atoms with Crippen LogP contribution < -0.4 is 0 Å². The second-order valence-electron chi connectivity index (χ2n) is 5.49.